The minimum absolute atomic E-state index is 0.0114. The van der Waals surface area contributed by atoms with Gasteiger partial charge in [-0.3, -0.25) is 0 Å². The smallest absolute Gasteiger partial charge is 0.252 e. The Morgan fingerprint density at radius 1 is 1.50 bits per heavy atom. The Morgan fingerprint density at radius 3 is 2.80 bits per heavy atom. The minimum atomic E-state index is -3.52. The number of sulfonamides is 1. The molecule has 1 aromatic rings. The molecule has 2 atom stereocenters. The van der Waals surface area contributed by atoms with E-state index in [0.717, 1.165) is 30.6 Å². The lowest BCUT2D eigenvalue weighted by Crippen LogP contribution is -2.43. The van der Waals surface area contributed by atoms with Gasteiger partial charge in [-0.1, -0.05) is 13.3 Å². The summed E-state index contributed by atoms with van der Waals surface area (Å²) in [6.45, 7) is 2.80. The topological polar surface area (TPSA) is 87.2 Å². The average molecular weight is 313 g/mol. The standard InChI is InChI=1S/C13H19N3O2S2/c1-2-16(12-5-3-4-10(12)8-14)20(17,18)13-7-6-11(9-15)19-13/h6-7,10,12H,2-5,8,14H2,1H3. The lowest BCUT2D eigenvalue weighted by molar-refractivity contribution is 0.276. The molecule has 0 aromatic carbocycles. The van der Waals surface area contributed by atoms with Crippen molar-refractivity contribution in [3.63, 3.8) is 0 Å². The van der Waals surface area contributed by atoms with Crippen LogP contribution in [0, 0.1) is 17.2 Å². The summed E-state index contributed by atoms with van der Waals surface area (Å²) in [6.07, 6.45) is 2.87. The molecule has 1 aliphatic rings. The highest BCUT2D eigenvalue weighted by atomic mass is 32.2. The molecule has 0 bridgehead atoms. The van der Waals surface area contributed by atoms with Gasteiger partial charge in [0, 0.05) is 12.6 Å². The number of hydrogen-bond acceptors (Lipinski definition) is 5. The fourth-order valence-corrected chi connectivity index (χ4v) is 5.85. The summed E-state index contributed by atoms with van der Waals surface area (Å²) in [7, 11) is -3.52. The van der Waals surface area contributed by atoms with Gasteiger partial charge in [0.05, 0.1) is 0 Å². The van der Waals surface area contributed by atoms with E-state index in [-0.39, 0.29) is 16.2 Å². The fourth-order valence-electron chi connectivity index (χ4n) is 2.89. The Labute approximate surface area is 124 Å². The van der Waals surface area contributed by atoms with Crippen LogP contribution < -0.4 is 5.73 Å². The molecule has 0 saturated heterocycles. The van der Waals surface area contributed by atoms with Crippen LogP contribution in [0.5, 0.6) is 0 Å². The maximum atomic E-state index is 12.7. The van der Waals surface area contributed by atoms with Crippen LogP contribution in [0.1, 0.15) is 31.1 Å². The Morgan fingerprint density at radius 2 is 2.25 bits per heavy atom. The largest absolute Gasteiger partial charge is 0.330 e. The molecule has 2 N–H and O–H groups in total. The first kappa shape index (κ1) is 15.4. The van der Waals surface area contributed by atoms with Crippen molar-refractivity contribution in [2.24, 2.45) is 11.7 Å². The molecule has 2 unspecified atom stereocenters. The first-order valence-corrected chi connectivity index (χ1v) is 9.02. The van der Waals surface area contributed by atoms with Gasteiger partial charge in [0.25, 0.3) is 10.0 Å². The van der Waals surface area contributed by atoms with Gasteiger partial charge >= 0.3 is 0 Å². The third kappa shape index (κ3) is 2.74. The summed E-state index contributed by atoms with van der Waals surface area (Å²) < 4.78 is 27.3. The highest BCUT2D eigenvalue weighted by molar-refractivity contribution is 7.91. The van der Waals surface area contributed by atoms with E-state index in [0.29, 0.717) is 18.0 Å². The Kier molecular flexibility index (Phi) is 4.81. The maximum Gasteiger partial charge on any atom is 0.252 e. The summed E-state index contributed by atoms with van der Waals surface area (Å²) in [4.78, 5) is 0.418. The predicted octanol–water partition coefficient (Wildman–Crippen LogP) is 1.76. The molecule has 1 heterocycles. The van der Waals surface area contributed by atoms with Gasteiger partial charge in [-0.15, -0.1) is 11.3 Å². The molecule has 110 valence electrons. The second kappa shape index (κ2) is 6.22. The van der Waals surface area contributed by atoms with Crippen LogP contribution in [-0.2, 0) is 10.0 Å². The molecular formula is C13H19N3O2S2. The maximum absolute atomic E-state index is 12.7. The number of thiophene rings is 1. The molecule has 0 spiro atoms. The van der Waals surface area contributed by atoms with Crippen LogP contribution in [-0.4, -0.2) is 31.9 Å². The Bertz CT molecular complexity index is 603. The van der Waals surface area contributed by atoms with E-state index in [1.807, 2.05) is 13.0 Å². The zero-order chi connectivity index (χ0) is 14.8. The number of nitrogens with two attached hydrogens (primary N) is 1. The molecule has 0 aliphatic heterocycles. The van der Waals surface area contributed by atoms with E-state index >= 15 is 0 Å². The summed E-state index contributed by atoms with van der Waals surface area (Å²) >= 11 is 1.03. The molecule has 7 heteroatoms. The summed E-state index contributed by atoms with van der Waals surface area (Å²) in [6, 6.07) is 5.05. The van der Waals surface area contributed by atoms with Gasteiger partial charge in [-0.05, 0) is 37.4 Å². The average Bonchev–Trinajstić information content (AvgIpc) is 3.08. The molecule has 1 fully saturated rings. The second-order valence-electron chi connectivity index (χ2n) is 4.93. The van der Waals surface area contributed by atoms with Crippen LogP contribution in [0.15, 0.2) is 16.3 Å². The van der Waals surface area contributed by atoms with E-state index in [4.69, 9.17) is 11.0 Å². The van der Waals surface area contributed by atoms with Crippen molar-refractivity contribution in [1.82, 2.24) is 4.31 Å². The summed E-state index contributed by atoms with van der Waals surface area (Å²) in [5.41, 5.74) is 5.76. The zero-order valence-electron chi connectivity index (χ0n) is 11.4. The van der Waals surface area contributed by atoms with Crippen LogP contribution >= 0.6 is 11.3 Å². The SMILES string of the molecule is CCN(C1CCCC1CN)S(=O)(=O)c1ccc(C#N)s1. The number of nitriles is 1. The lowest BCUT2D eigenvalue weighted by Gasteiger charge is -2.30. The van der Waals surface area contributed by atoms with E-state index in [1.165, 1.54) is 6.07 Å². The summed E-state index contributed by atoms with van der Waals surface area (Å²) in [5, 5.41) is 8.84. The normalized spacial score (nSPS) is 23.1. The van der Waals surface area contributed by atoms with Crippen molar-refractivity contribution in [2.75, 3.05) is 13.1 Å². The van der Waals surface area contributed by atoms with Gasteiger partial charge in [-0.2, -0.15) is 9.57 Å². The monoisotopic (exact) mass is 313 g/mol. The third-order valence-electron chi connectivity index (χ3n) is 3.86. The van der Waals surface area contributed by atoms with E-state index in [1.54, 1.807) is 10.4 Å². The lowest BCUT2D eigenvalue weighted by atomic mass is 10.0. The minimum Gasteiger partial charge on any atom is -0.330 e. The number of rotatable bonds is 5. The van der Waals surface area contributed by atoms with Gasteiger partial charge in [0.1, 0.15) is 15.2 Å². The van der Waals surface area contributed by atoms with Crippen molar-refractivity contribution in [3.8, 4) is 6.07 Å². The highest BCUT2D eigenvalue weighted by Gasteiger charge is 2.38. The molecule has 20 heavy (non-hydrogen) atoms. The number of hydrogen-bond donors (Lipinski definition) is 1. The molecule has 1 aromatic heterocycles. The fraction of sp³-hybridized carbons (Fsp3) is 0.615. The van der Waals surface area contributed by atoms with E-state index in [2.05, 4.69) is 0 Å². The molecule has 2 rings (SSSR count). The summed E-state index contributed by atoms with van der Waals surface area (Å²) in [5.74, 6) is 0.236. The molecule has 0 amide bonds. The van der Waals surface area contributed by atoms with E-state index in [9.17, 15) is 8.42 Å². The van der Waals surface area contributed by atoms with Crippen LogP contribution in [0.3, 0.4) is 0 Å². The van der Waals surface area contributed by atoms with Crippen molar-refractivity contribution < 1.29 is 8.42 Å². The van der Waals surface area contributed by atoms with Gasteiger partial charge in [0.2, 0.25) is 0 Å². The van der Waals surface area contributed by atoms with Gasteiger partial charge in [-0.25, -0.2) is 8.42 Å². The van der Waals surface area contributed by atoms with Gasteiger partial charge in [0.15, 0.2) is 0 Å². The molecule has 0 radical (unpaired) electrons. The van der Waals surface area contributed by atoms with Gasteiger partial charge < -0.3 is 5.73 Å². The highest BCUT2D eigenvalue weighted by Crippen LogP contribution is 2.34. The van der Waals surface area contributed by atoms with Crippen LogP contribution in [0.2, 0.25) is 0 Å². The van der Waals surface area contributed by atoms with Crippen molar-refractivity contribution >= 4 is 21.4 Å². The first-order valence-electron chi connectivity index (χ1n) is 6.76. The number of nitrogens with zero attached hydrogens (tertiary/aromatic N) is 2. The van der Waals surface area contributed by atoms with E-state index < -0.39 is 10.0 Å². The quantitative estimate of drug-likeness (QED) is 0.897. The third-order valence-corrected chi connectivity index (χ3v) is 7.32. The van der Waals surface area contributed by atoms with Crippen molar-refractivity contribution in [2.45, 2.75) is 36.4 Å². The Balaban J connectivity index is 2.32. The predicted molar refractivity (Wildman–Crippen MR) is 78.8 cm³/mol. The second-order valence-corrected chi connectivity index (χ2v) is 8.13. The van der Waals surface area contributed by atoms with Crippen molar-refractivity contribution in [1.29, 1.82) is 5.26 Å². The Hall–Kier alpha value is -0.940. The molecule has 1 aliphatic carbocycles. The molecule has 1 saturated carbocycles. The van der Waals surface area contributed by atoms with Crippen molar-refractivity contribution in [3.05, 3.63) is 17.0 Å². The first-order chi connectivity index (χ1) is 9.54. The molecule has 5 nitrogen and oxygen atoms in total. The van der Waals surface area contributed by atoms with Crippen LogP contribution in [0.4, 0.5) is 0 Å². The molecular weight excluding hydrogens is 294 g/mol. The zero-order valence-corrected chi connectivity index (χ0v) is 13.1. The van der Waals surface area contributed by atoms with Crippen LogP contribution in [0.25, 0.3) is 0 Å².